The predicted octanol–water partition coefficient (Wildman–Crippen LogP) is 2.33. The Labute approximate surface area is 73.5 Å². The molecule has 0 heterocycles. The Balaban J connectivity index is 4.21. The van der Waals surface area contributed by atoms with Crippen molar-refractivity contribution in [3.8, 4) is 0 Å². The standard InChI is InChI=1S/C8H17NOS/c1-7(2)9(11-6-10)8(3,4)5/h6-7H,1-5H3. The van der Waals surface area contributed by atoms with Gasteiger partial charge in [-0.05, 0) is 46.6 Å². The monoisotopic (exact) mass is 175 g/mol. The third kappa shape index (κ3) is 3.77. The minimum atomic E-state index is 0.0553. The average molecular weight is 175 g/mol. The van der Waals surface area contributed by atoms with E-state index in [1.165, 1.54) is 11.9 Å². The molecular weight excluding hydrogens is 158 g/mol. The summed E-state index contributed by atoms with van der Waals surface area (Å²) in [6.45, 7) is 10.5. The lowest BCUT2D eigenvalue weighted by atomic mass is 10.1. The Morgan fingerprint density at radius 3 is 1.91 bits per heavy atom. The molecule has 0 atom stereocenters. The van der Waals surface area contributed by atoms with Gasteiger partial charge < -0.3 is 0 Å². The molecule has 0 aromatic carbocycles. The van der Waals surface area contributed by atoms with Gasteiger partial charge in [0.25, 0.3) is 0 Å². The van der Waals surface area contributed by atoms with Crippen molar-refractivity contribution in [2.75, 3.05) is 0 Å². The third-order valence-electron chi connectivity index (χ3n) is 1.29. The van der Waals surface area contributed by atoms with E-state index in [4.69, 9.17) is 0 Å². The van der Waals surface area contributed by atoms with Gasteiger partial charge in [0.15, 0.2) is 5.62 Å². The summed E-state index contributed by atoms with van der Waals surface area (Å²) >= 11 is 1.24. The van der Waals surface area contributed by atoms with E-state index in [1.807, 2.05) is 0 Å². The number of carbonyl (C=O) groups excluding carboxylic acids is 1. The number of rotatable bonds is 3. The Hall–Kier alpha value is -0.0200. The first-order chi connectivity index (χ1) is 4.89. The molecule has 3 heteroatoms. The summed E-state index contributed by atoms with van der Waals surface area (Å²) in [4.78, 5) is 10.3. The summed E-state index contributed by atoms with van der Waals surface area (Å²) in [6.07, 6.45) is 0. The van der Waals surface area contributed by atoms with Crippen LogP contribution in [0.3, 0.4) is 0 Å². The zero-order valence-corrected chi connectivity index (χ0v) is 8.73. The van der Waals surface area contributed by atoms with Gasteiger partial charge in [-0.1, -0.05) is 0 Å². The highest BCUT2D eigenvalue weighted by Gasteiger charge is 2.23. The van der Waals surface area contributed by atoms with Crippen LogP contribution in [0.1, 0.15) is 34.6 Å². The van der Waals surface area contributed by atoms with Crippen molar-refractivity contribution in [3.05, 3.63) is 0 Å². The normalized spacial score (nSPS) is 12.6. The Morgan fingerprint density at radius 2 is 1.82 bits per heavy atom. The molecule has 0 saturated carbocycles. The molecule has 0 unspecified atom stereocenters. The van der Waals surface area contributed by atoms with Crippen LogP contribution >= 0.6 is 11.9 Å². The lowest BCUT2D eigenvalue weighted by molar-refractivity contribution is 0.233. The molecule has 0 bridgehead atoms. The first kappa shape index (κ1) is 11.0. The van der Waals surface area contributed by atoms with E-state index in [9.17, 15) is 4.79 Å². The van der Waals surface area contributed by atoms with Crippen LogP contribution in [0.5, 0.6) is 0 Å². The van der Waals surface area contributed by atoms with Gasteiger partial charge in [0.2, 0.25) is 0 Å². The number of carbonyl (C=O) groups is 1. The smallest absolute Gasteiger partial charge is 0.191 e. The molecule has 2 nitrogen and oxygen atoms in total. The maximum absolute atomic E-state index is 10.3. The van der Waals surface area contributed by atoms with Gasteiger partial charge in [0.1, 0.15) is 0 Å². The highest BCUT2D eigenvalue weighted by Crippen LogP contribution is 2.24. The van der Waals surface area contributed by atoms with Crippen LogP contribution < -0.4 is 0 Å². The molecule has 0 fully saturated rings. The van der Waals surface area contributed by atoms with E-state index < -0.39 is 0 Å². The van der Waals surface area contributed by atoms with Gasteiger partial charge in [-0.2, -0.15) is 0 Å². The molecule has 0 aromatic heterocycles. The van der Waals surface area contributed by atoms with Crippen molar-refractivity contribution in [2.45, 2.75) is 46.2 Å². The lowest BCUT2D eigenvalue weighted by Crippen LogP contribution is -2.40. The van der Waals surface area contributed by atoms with Crippen molar-refractivity contribution in [1.29, 1.82) is 0 Å². The maximum Gasteiger partial charge on any atom is 0.191 e. The fourth-order valence-corrected chi connectivity index (χ4v) is 1.75. The van der Waals surface area contributed by atoms with Crippen LogP contribution in [0, 0.1) is 0 Å². The summed E-state index contributed by atoms with van der Waals surface area (Å²) in [7, 11) is 0. The zero-order chi connectivity index (χ0) is 9.07. The lowest BCUT2D eigenvalue weighted by Gasteiger charge is -2.35. The minimum Gasteiger partial charge on any atom is -0.290 e. The van der Waals surface area contributed by atoms with E-state index in [-0.39, 0.29) is 5.54 Å². The molecule has 0 aliphatic rings. The topological polar surface area (TPSA) is 20.3 Å². The van der Waals surface area contributed by atoms with Gasteiger partial charge in [-0.25, -0.2) is 4.31 Å². The highest BCUT2D eigenvalue weighted by atomic mass is 32.2. The summed E-state index contributed by atoms with van der Waals surface area (Å²) in [5.41, 5.74) is 0.936. The SMILES string of the molecule is CC(C)N(SC=O)C(C)(C)C. The molecule has 0 aliphatic heterocycles. The van der Waals surface area contributed by atoms with Crippen molar-refractivity contribution in [2.24, 2.45) is 0 Å². The Bertz CT molecular complexity index is 129. The highest BCUT2D eigenvalue weighted by molar-refractivity contribution is 8.09. The number of hydrogen-bond acceptors (Lipinski definition) is 3. The quantitative estimate of drug-likeness (QED) is 0.485. The fourth-order valence-electron chi connectivity index (χ4n) is 1.10. The molecule has 0 N–H and O–H groups in total. The zero-order valence-electron chi connectivity index (χ0n) is 7.92. The first-order valence-electron chi connectivity index (χ1n) is 3.79. The average Bonchev–Trinajstić information content (AvgIpc) is 1.79. The molecule has 0 rings (SSSR count). The maximum atomic E-state index is 10.3. The van der Waals surface area contributed by atoms with E-state index in [1.54, 1.807) is 0 Å². The van der Waals surface area contributed by atoms with Crippen LogP contribution in [0.2, 0.25) is 0 Å². The molecule has 0 aromatic rings. The Kier molecular flexibility index (Phi) is 4.11. The second-order valence-corrected chi connectivity index (χ2v) is 4.59. The second-order valence-electron chi connectivity index (χ2n) is 3.79. The van der Waals surface area contributed by atoms with Gasteiger partial charge in [0, 0.05) is 11.6 Å². The Morgan fingerprint density at radius 1 is 1.36 bits per heavy atom. The summed E-state index contributed by atoms with van der Waals surface area (Å²) in [6, 6.07) is 0.394. The molecule has 66 valence electrons. The largest absolute Gasteiger partial charge is 0.290 e. The van der Waals surface area contributed by atoms with E-state index >= 15 is 0 Å². The van der Waals surface area contributed by atoms with E-state index in [2.05, 4.69) is 38.9 Å². The minimum absolute atomic E-state index is 0.0553. The molecule has 0 saturated heterocycles. The molecule has 0 spiro atoms. The van der Waals surface area contributed by atoms with Crippen LogP contribution in [0.4, 0.5) is 0 Å². The van der Waals surface area contributed by atoms with Crippen LogP contribution in [0.25, 0.3) is 0 Å². The van der Waals surface area contributed by atoms with E-state index in [0.29, 0.717) is 6.04 Å². The third-order valence-corrected chi connectivity index (χ3v) is 2.57. The van der Waals surface area contributed by atoms with Crippen LogP contribution in [-0.2, 0) is 4.79 Å². The second kappa shape index (κ2) is 4.12. The van der Waals surface area contributed by atoms with Crippen molar-refractivity contribution >= 4 is 17.6 Å². The fraction of sp³-hybridized carbons (Fsp3) is 0.875. The molecular formula is C8H17NOS. The first-order valence-corrected chi connectivity index (χ1v) is 4.63. The van der Waals surface area contributed by atoms with Gasteiger partial charge in [-0.15, -0.1) is 0 Å². The van der Waals surface area contributed by atoms with Gasteiger partial charge in [0.05, 0.1) is 0 Å². The molecule has 11 heavy (non-hydrogen) atoms. The van der Waals surface area contributed by atoms with E-state index in [0.717, 1.165) is 5.62 Å². The number of nitrogens with zero attached hydrogens (tertiary/aromatic N) is 1. The summed E-state index contributed by atoms with van der Waals surface area (Å²) in [5, 5.41) is 0. The van der Waals surface area contributed by atoms with Gasteiger partial charge >= 0.3 is 0 Å². The number of hydrogen-bond donors (Lipinski definition) is 0. The summed E-state index contributed by atoms with van der Waals surface area (Å²) < 4.78 is 2.08. The van der Waals surface area contributed by atoms with Crippen molar-refractivity contribution in [1.82, 2.24) is 4.31 Å². The predicted molar refractivity (Wildman–Crippen MR) is 51.1 cm³/mol. The molecule has 0 radical (unpaired) electrons. The molecule has 0 aliphatic carbocycles. The van der Waals surface area contributed by atoms with Gasteiger partial charge in [-0.3, -0.25) is 4.79 Å². The van der Waals surface area contributed by atoms with Crippen molar-refractivity contribution < 1.29 is 4.79 Å². The summed E-state index contributed by atoms with van der Waals surface area (Å²) in [5.74, 6) is 0. The van der Waals surface area contributed by atoms with Crippen molar-refractivity contribution in [3.63, 3.8) is 0 Å². The molecule has 0 amide bonds. The van der Waals surface area contributed by atoms with Crippen LogP contribution in [0.15, 0.2) is 0 Å². The van der Waals surface area contributed by atoms with Crippen LogP contribution in [-0.4, -0.2) is 21.5 Å².